The van der Waals surface area contributed by atoms with Crippen LogP contribution >= 0.6 is 0 Å². The molecule has 4 atom stereocenters. The number of rotatable bonds is 7. The number of fused-ring (bicyclic) bond motifs is 7. The Balaban J connectivity index is 1.06. The molecule has 4 N–H and O–H groups in total. The van der Waals surface area contributed by atoms with Crippen molar-refractivity contribution in [3.05, 3.63) is 89.5 Å². The summed E-state index contributed by atoms with van der Waals surface area (Å²) in [5.74, 6) is -2.45. The van der Waals surface area contributed by atoms with Crippen molar-refractivity contribution in [2.75, 3.05) is 17.2 Å². The second kappa shape index (κ2) is 13.5. The first kappa shape index (κ1) is 35.7. The Hall–Kier alpha value is -7.28. The minimum atomic E-state index is -1.49. The molecule has 2 amide bonds. The molecule has 1 fully saturated rings. The summed E-state index contributed by atoms with van der Waals surface area (Å²) in [5.41, 5.74) is 0.429. The van der Waals surface area contributed by atoms with E-state index in [9.17, 15) is 34.2 Å². The first-order valence-electron chi connectivity index (χ1n) is 16.9. The van der Waals surface area contributed by atoms with Crippen LogP contribution in [0.15, 0.2) is 67.3 Å². The number of nitrogens with zero attached hydrogens (tertiary/aromatic N) is 4. The van der Waals surface area contributed by atoms with E-state index in [2.05, 4.69) is 25.6 Å². The van der Waals surface area contributed by atoms with E-state index >= 15 is 0 Å². The van der Waals surface area contributed by atoms with Gasteiger partial charge in [0.25, 0.3) is 0 Å². The predicted molar refractivity (Wildman–Crippen MR) is 188 cm³/mol. The third-order valence-corrected chi connectivity index (χ3v) is 9.24. The monoisotopic (exact) mass is 766 g/mol. The summed E-state index contributed by atoms with van der Waals surface area (Å²) in [6.07, 6.45) is -2.11. The molecule has 19 nitrogen and oxygen atoms in total. The summed E-state index contributed by atoms with van der Waals surface area (Å²) in [7, 11) is 0. The molecule has 3 aliphatic rings. The predicted octanol–water partition coefficient (Wildman–Crippen LogP) is 3.77. The SMILES string of the molecule is CC(=O)OC[C@H]1O[C@@H](n2cnc3c(NC(=O)Nc4ccc5c(c4)C(=O)OC54c5ccc(O)cc5Oc5cc(O)ccc54)ncnc32)[C@H](OC(C)=O)[C@@H]1OC(C)=O. The summed E-state index contributed by atoms with van der Waals surface area (Å²) >= 11 is 0. The van der Waals surface area contributed by atoms with E-state index in [1.165, 1.54) is 62.0 Å². The molecule has 5 aromatic rings. The molecule has 0 unspecified atom stereocenters. The van der Waals surface area contributed by atoms with E-state index in [1.54, 1.807) is 24.3 Å². The maximum absolute atomic E-state index is 13.5. The van der Waals surface area contributed by atoms with Gasteiger partial charge in [0, 0.05) is 55.3 Å². The number of nitrogens with one attached hydrogen (secondary N) is 2. The molecule has 0 radical (unpaired) electrons. The Morgan fingerprint density at radius 2 is 1.48 bits per heavy atom. The lowest BCUT2D eigenvalue weighted by Gasteiger charge is -2.36. The van der Waals surface area contributed by atoms with Crippen LogP contribution in [0.1, 0.15) is 54.0 Å². The largest absolute Gasteiger partial charge is 0.508 e. The Labute approximate surface area is 315 Å². The van der Waals surface area contributed by atoms with Crippen LogP contribution in [-0.2, 0) is 43.7 Å². The summed E-state index contributed by atoms with van der Waals surface area (Å²) in [6.45, 7) is 3.21. The minimum Gasteiger partial charge on any atom is -0.508 e. The molecule has 3 aliphatic heterocycles. The summed E-state index contributed by atoms with van der Waals surface area (Å²) in [6, 6.07) is 12.7. The van der Waals surface area contributed by atoms with Crippen LogP contribution in [0.5, 0.6) is 23.0 Å². The number of benzene rings is 3. The van der Waals surface area contributed by atoms with Crippen LogP contribution in [0.2, 0.25) is 0 Å². The maximum Gasteiger partial charge on any atom is 0.340 e. The van der Waals surface area contributed by atoms with E-state index in [0.717, 1.165) is 6.33 Å². The van der Waals surface area contributed by atoms with Crippen molar-refractivity contribution < 1.29 is 62.6 Å². The van der Waals surface area contributed by atoms with Gasteiger partial charge in [0.05, 0.1) is 11.9 Å². The number of phenols is 2. The molecule has 5 heterocycles. The van der Waals surface area contributed by atoms with Gasteiger partial charge in [-0.1, -0.05) is 6.07 Å². The van der Waals surface area contributed by atoms with Gasteiger partial charge in [0.15, 0.2) is 41.0 Å². The number of phenolic OH excluding ortho intramolecular Hbond substituents is 2. The first-order chi connectivity index (χ1) is 26.8. The van der Waals surface area contributed by atoms with Gasteiger partial charge in [-0.2, -0.15) is 0 Å². The fourth-order valence-electron chi connectivity index (χ4n) is 7.10. The van der Waals surface area contributed by atoms with Crippen molar-refractivity contribution >= 4 is 52.6 Å². The van der Waals surface area contributed by atoms with Gasteiger partial charge in [0.2, 0.25) is 0 Å². The molecule has 0 bridgehead atoms. The Morgan fingerprint density at radius 3 is 2.14 bits per heavy atom. The molecule has 286 valence electrons. The molecular formula is C37H30N6O13. The zero-order chi connectivity index (χ0) is 39.5. The number of ether oxygens (including phenoxy) is 6. The lowest BCUT2D eigenvalue weighted by Crippen LogP contribution is -2.40. The number of aromatic hydroxyl groups is 2. The number of anilines is 2. The number of esters is 4. The standard InChI is InChI=1S/C37H30N6O13/c1-16(44)51-13-28-30(52-17(2)45)31(53-18(3)46)34(55-28)43-15-40-29-32(38-14-39-33(29)43)42-36(50)41-19-4-7-23-22(10-19)35(49)56-37(23)24-8-5-20(47)11-26(24)54-27-12-21(48)6-9-25(27)37/h4-12,14-15,28,30-31,34,47-48H,13H2,1-3H3,(H2,38,39,41,42,50)/t28-,30-,31-,34-/m1/s1. The quantitative estimate of drug-likeness (QED) is 0.136. The maximum atomic E-state index is 13.5. The van der Waals surface area contributed by atoms with Crippen LogP contribution in [-0.4, -0.2) is 84.6 Å². The highest BCUT2D eigenvalue weighted by Gasteiger charge is 2.54. The summed E-state index contributed by atoms with van der Waals surface area (Å²) < 4.78 is 35.6. The van der Waals surface area contributed by atoms with Crippen molar-refractivity contribution in [3.8, 4) is 23.0 Å². The topological polar surface area (TPSA) is 249 Å². The molecule has 0 saturated carbocycles. The van der Waals surface area contributed by atoms with E-state index in [-0.39, 0.29) is 57.8 Å². The van der Waals surface area contributed by atoms with Gasteiger partial charge in [-0.05, 0) is 36.4 Å². The molecule has 2 aromatic heterocycles. The van der Waals surface area contributed by atoms with E-state index in [0.29, 0.717) is 16.7 Å². The smallest absolute Gasteiger partial charge is 0.340 e. The number of amides is 2. The van der Waals surface area contributed by atoms with Crippen LogP contribution in [0.3, 0.4) is 0 Å². The number of carbonyl (C=O) groups excluding carboxylic acids is 5. The highest BCUT2D eigenvalue weighted by molar-refractivity contribution is 6.04. The summed E-state index contributed by atoms with van der Waals surface area (Å²) in [5, 5.41) is 25.6. The van der Waals surface area contributed by atoms with Crippen LogP contribution in [0, 0.1) is 0 Å². The van der Waals surface area contributed by atoms with Gasteiger partial charge < -0.3 is 44.0 Å². The summed E-state index contributed by atoms with van der Waals surface area (Å²) in [4.78, 5) is 75.4. The van der Waals surface area contributed by atoms with Gasteiger partial charge >= 0.3 is 29.9 Å². The molecule has 0 aliphatic carbocycles. The average molecular weight is 767 g/mol. The minimum absolute atomic E-state index is 0.0253. The number of imidazole rings is 1. The molecule has 19 heteroatoms. The first-order valence-corrected chi connectivity index (χ1v) is 16.9. The fraction of sp³-hybridized carbons (Fsp3) is 0.243. The number of carbonyl (C=O) groups is 5. The van der Waals surface area contributed by atoms with E-state index < -0.39 is 60.0 Å². The van der Waals surface area contributed by atoms with Gasteiger partial charge in [-0.3, -0.25) is 24.3 Å². The number of urea groups is 1. The van der Waals surface area contributed by atoms with Crippen molar-refractivity contribution in [1.29, 1.82) is 0 Å². The van der Waals surface area contributed by atoms with E-state index in [1.807, 2.05) is 0 Å². The fourth-order valence-corrected chi connectivity index (χ4v) is 7.10. The molecule has 56 heavy (non-hydrogen) atoms. The zero-order valence-electron chi connectivity index (χ0n) is 29.5. The van der Waals surface area contributed by atoms with Gasteiger partial charge in [-0.15, -0.1) is 0 Å². The lowest BCUT2D eigenvalue weighted by atomic mass is 9.77. The molecular weight excluding hydrogens is 736 g/mol. The number of aromatic nitrogens is 4. The third kappa shape index (κ3) is 6.08. The molecule has 8 rings (SSSR count). The van der Waals surface area contributed by atoms with Crippen LogP contribution < -0.4 is 15.4 Å². The molecule has 1 spiro atoms. The highest BCUT2D eigenvalue weighted by atomic mass is 16.7. The Morgan fingerprint density at radius 1 is 0.821 bits per heavy atom. The van der Waals surface area contributed by atoms with E-state index in [4.69, 9.17) is 28.4 Å². The lowest BCUT2D eigenvalue weighted by molar-refractivity contribution is -0.166. The molecule has 3 aromatic carbocycles. The van der Waals surface area contributed by atoms with Crippen molar-refractivity contribution in [3.63, 3.8) is 0 Å². The van der Waals surface area contributed by atoms with Gasteiger partial charge in [0.1, 0.15) is 42.0 Å². The highest BCUT2D eigenvalue weighted by Crippen LogP contribution is 2.57. The van der Waals surface area contributed by atoms with Crippen LogP contribution in [0.4, 0.5) is 16.3 Å². The average Bonchev–Trinajstić information content (AvgIpc) is 3.79. The van der Waals surface area contributed by atoms with Crippen molar-refractivity contribution in [1.82, 2.24) is 19.5 Å². The number of hydrogen-bond donors (Lipinski definition) is 4. The third-order valence-electron chi connectivity index (χ3n) is 9.24. The second-order valence-electron chi connectivity index (χ2n) is 12.9. The van der Waals surface area contributed by atoms with Gasteiger partial charge in [-0.25, -0.2) is 24.5 Å². The van der Waals surface area contributed by atoms with Crippen LogP contribution in [0.25, 0.3) is 11.2 Å². The van der Waals surface area contributed by atoms with Crippen molar-refractivity contribution in [2.45, 2.75) is 50.9 Å². The molecule has 1 saturated heterocycles. The second-order valence-corrected chi connectivity index (χ2v) is 12.9. The Bertz CT molecular complexity index is 2430. The number of hydrogen-bond acceptors (Lipinski definition) is 16. The Kier molecular flexibility index (Phi) is 8.64. The van der Waals surface area contributed by atoms with Crippen molar-refractivity contribution in [2.24, 2.45) is 0 Å². The zero-order valence-corrected chi connectivity index (χ0v) is 29.5. The normalized spacial score (nSPS) is 19.9.